The summed E-state index contributed by atoms with van der Waals surface area (Å²) in [4.78, 5) is 6.37. The molecule has 0 aromatic carbocycles. The minimum absolute atomic E-state index is 0.146. The van der Waals surface area contributed by atoms with Crippen molar-refractivity contribution in [2.75, 3.05) is 19.8 Å². The van der Waals surface area contributed by atoms with Gasteiger partial charge in [-0.3, -0.25) is 11.3 Å². The first-order valence-corrected chi connectivity index (χ1v) is 6.92. The summed E-state index contributed by atoms with van der Waals surface area (Å²) in [5, 5.41) is 0. The molecule has 0 amide bonds. The number of nitrogens with one attached hydrogen (secondary N) is 1. The first kappa shape index (κ1) is 14.2. The molecule has 0 spiro atoms. The standard InChI is InChI=1S/C14H25N5/c1-19(2)14(6-3-4-7-14)12(18-16)9-11-5-8-17-13(15)10-11/h5,8,10,12,18H,3-4,6-7,9,16H2,1-2H3,(H2,15,17). The number of hydrogen-bond acceptors (Lipinski definition) is 5. The van der Waals surface area contributed by atoms with E-state index >= 15 is 0 Å². The van der Waals surface area contributed by atoms with Gasteiger partial charge in [0.15, 0.2) is 0 Å². The molecule has 1 fully saturated rings. The molecule has 1 aromatic rings. The molecular weight excluding hydrogens is 238 g/mol. The minimum Gasteiger partial charge on any atom is -0.384 e. The number of hydrazine groups is 1. The molecule has 1 aliphatic carbocycles. The molecule has 19 heavy (non-hydrogen) atoms. The molecule has 1 unspecified atom stereocenters. The number of nitrogens with two attached hydrogens (primary N) is 2. The Balaban J connectivity index is 2.19. The van der Waals surface area contributed by atoms with Crippen molar-refractivity contribution in [3.63, 3.8) is 0 Å². The van der Waals surface area contributed by atoms with Crippen LogP contribution in [0, 0.1) is 0 Å². The second kappa shape index (κ2) is 5.86. The highest BCUT2D eigenvalue weighted by atomic mass is 15.3. The summed E-state index contributed by atoms with van der Waals surface area (Å²) in [6.45, 7) is 0. The van der Waals surface area contributed by atoms with Crippen LogP contribution in [0.1, 0.15) is 31.2 Å². The molecule has 0 radical (unpaired) electrons. The molecule has 1 heterocycles. The molecule has 0 bridgehead atoms. The van der Waals surface area contributed by atoms with Crippen LogP contribution in [0.3, 0.4) is 0 Å². The lowest BCUT2D eigenvalue weighted by Crippen LogP contribution is -2.60. The van der Waals surface area contributed by atoms with E-state index in [0.717, 1.165) is 6.42 Å². The normalized spacial score (nSPS) is 19.8. The van der Waals surface area contributed by atoms with Crippen LogP contribution in [-0.4, -0.2) is 35.6 Å². The highest BCUT2D eigenvalue weighted by Gasteiger charge is 2.42. The Kier molecular flexibility index (Phi) is 4.39. The fraction of sp³-hybridized carbons (Fsp3) is 0.643. The van der Waals surface area contributed by atoms with Gasteiger partial charge in [-0.25, -0.2) is 4.98 Å². The summed E-state index contributed by atoms with van der Waals surface area (Å²) in [6.07, 6.45) is 7.56. The molecule has 0 saturated heterocycles. The molecule has 1 aliphatic rings. The van der Waals surface area contributed by atoms with E-state index in [-0.39, 0.29) is 11.6 Å². The molecule has 5 heteroatoms. The average molecular weight is 263 g/mol. The van der Waals surface area contributed by atoms with E-state index in [1.807, 2.05) is 12.1 Å². The molecule has 1 aromatic heterocycles. The number of nitrogens with zero attached hydrogens (tertiary/aromatic N) is 2. The summed E-state index contributed by atoms with van der Waals surface area (Å²) in [5.41, 5.74) is 10.1. The van der Waals surface area contributed by atoms with Gasteiger partial charge in [-0.05, 0) is 51.1 Å². The Morgan fingerprint density at radius 3 is 2.63 bits per heavy atom. The van der Waals surface area contributed by atoms with Crippen LogP contribution in [-0.2, 0) is 6.42 Å². The maximum atomic E-state index is 5.84. The van der Waals surface area contributed by atoms with Crippen LogP contribution in [0.5, 0.6) is 0 Å². The Labute approximate surface area is 115 Å². The van der Waals surface area contributed by atoms with Gasteiger partial charge in [0.1, 0.15) is 5.82 Å². The van der Waals surface area contributed by atoms with Gasteiger partial charge >= 0.3 is 0 Å². The lowest BCUT2D eigenvalue weighted by atomic mass is 9.83. The number of nitrogen functional groups attached to an aromatic ring is 1. The Morgan fingerprint density at radius 1 is 1.42 bits per heavy atom. The van der Waals surface area contributed by atoms with E-state index in [2.05, 4.69) is 29.4 Å². The third kappa shape index (κ3) is 2.88. The second-order valence-electron chi connectivity index (χ2n) is 5.72. The zero-order valence-electron chi connectivity index (χ0n) is 11.9. The first-order valence-electron chi connectivity index (χ1n) is 6.92. The van der Waals surface area contributed by atoms with E-state index in [9.17, 15) is 0 Å². The van der Waals surface area contributed by atoms with Crippen molar-refractivity contribution in [3.05, 3.63) is 23.9 Å². The van der Waals surface area contributed by atoms with Crippen LogP contribution in [0.25, 0.3) is 0 Å². The number of likely N-dealkylation sites (N-methyl/N-ethyl adjacent to an activating group) is 1. The zero-order chi connectivity index (χ0) is 13.9. The van der Waals surface area contributed by atoms with Gasteiger partial charge < -0.3 is 10.6 Å². The topological polar surface area (TPSA) is 80.2 Å². The van der Waals surface area contributed by atoms with E-state index in [4.69, 9.17) is 11.6 Å². The molecule has 0 aliphatic heterocycles. The maximum absolute atomic E-state index is 5.84. The van der Waals surface area contributed by atoms with Crippen molar-refractivity contribution in [1.29, 1.82) is 0 Å². The van der Waals surface area contributed by atoms with Crippen LogP contribution in [0.15, 0.2) is 18.3 Å². The molecule has 5 N–H and O–H groups in total. The van der Waals surface area contributed by atoms with Crippen molar-refractivity contribution in [3.8, 4) is 0 Å². The van der Waals surface area contributed by atoms with Gasteiger partial charge in [0.25, 0.3) is 0 Å². The quantitative estimate of drug-likeness (QED) is 0.543. The molecule has 5 nitrogen and oxygen atoms in total. The van der Waals surface area contributed by atoms with Gasteiger partial charge in [0.2, 0.25) is 0 Å². The van der Waals surface area contributed by atoms with Crippen LogP contribution >= 0.6 is 0 Å². The van der Waals surface area contributed by atoms with Crippen molar-refractivity contribution in [1.82, 2.24) is 15.3 Å². The SMILES string of the molecule is CN(C)C1(C(Cc2ccnc(N)c2)NN)CCCC1. The lowest BCUT2D eigenvalue weighted by molar-refractivity contribution is 0.104. The van der Waals surface area contributed by atoms with Gasteiger partial charge in [-0.2, -0.15) is 0 Å². The van der Waals surface area contributed by atoms with Crippen molar-refractivity contribution >= 4 is 5.82 Å². The maximum Gasteiger partial charge on any atom is 0.123 e. The summed E-state index contributed by atoms with van der Waals surface area (Å²) in [5.74, 6) is 6.41. The third-order valence-corrected chi connectivity index (χ3v) is 4.50. The van der Waals surface area contributed by atoms with Crippen molar-refractivity contribution in [2.45, 2.75) is 43.7 Å². The van der Waals surface area contributed by atoms with Crippen molar-refractivity contribution < 1.29 is 0 Å². The predicted octanol–water partition coefficient (Wildman–Crippen LogP) is 0.913. The number of hydrogen-bond donors (Lipinski definition) is 3. The lowest BCUT2D eigenvalue weighted by Gasteiger charge is -2.43. The summed E-state index contributed by atoms with van der Waals surface area (Å²) in [6, 6.07) is 4.17. The highest BCUT2D eigenvalue weighted by Crippen LogP contribution is 2.37. The number of pyridine rings is 1. The summed E-state index contributed by atoms with van der Waals surface area (Å²) in [7, 11) is 4.30. The van der Waals surface area contributed by atoms with E-state index in [0.29, 0.717) is 5.82 Å². The third-order valence-electron chi connectivity index (χ3n) is 4.50. The fourth-order valence-electron chi connectivity index (χ4n) is 3.36. The van der Waals surface area contributed by atoms with Gasteiger partial charge in [0, 0.05) is 17.8 Å². The minimum atomic E-state index is 0.146. The number of rotatable bonds is 5. The first-order chi connectivity index (χ1) is 9.08. The highest BCUT2D eigenvalue weighted by molar-refractivity contribution is 5.32. The zero-order valence-corrected chi connectivity index (χ0v) is 11.9. The molecule has 2 rings (SSSR count). The number of aromatic nitrogens is 1. The molecule has 1 saturated carbocycles. The van der Waals surface area contributed by atoms with E-state index in [1.54, 1.807) is 6.20 Å². The molecular formula is C14H25N5. The Morgan fingerprint density at radius 2 is 2.11 bits per heavy atom. The smallest absolute Gasteiger partial charge is 0.123 e. The van der Waals surface area contributed by atoms with E-state index in [1.165, 1.54) is 31.2 Å². The van der Waals surface area contributed by atoms with Gasteiger partial charge in [0.05, 0.1) is 0 Å². The Bertz CT molecular complexity index is 412. The Hall–Kier alpha value is -1.17. The molecule has 1 atom stereocenters. The fourth-order valence-corrected chi connectivity index (χ4v) is 3.36. The van der Waals surface area contributed by atoms with Crippen LogP contribution in [0.4, 0.5) is 5.82 Å². The van der Waals surface area contributed by atoms with Gasteiger partial charge in [-0.15, -0.1) is 0 Å². The molecule has 106 valence electrons. The summed E-state index contributed by atoms with van der Waals surface area (Å²) < 4.78 is 0. The monoisotopic (exact) mass is 263 g/mol. The van der Waals surface area contributed by atoms with Crippen molar-refractivity contribution in [2.24, 2.45) is 5.84 Å². The van der Waals surface area contributed by atoms with Crippen LogP contribution in [0.2, 0.25) is 0 Å². The van der Waals surface area contributed by atoms with E-state index < -0.39 is 0 Å². The summed E-state index contributed by atoms with van der Waals surface area (Å²) >= 11 is 0. The second-order valence-corrected chi connectivity index (χ2v) is 5.72. The van der Waals surface area contributed by atoms with Gasteiger partial charge in [-0.1, -0.05) is 12.8 Å². The predicted molar refractivity (Wildman–Crippen MR) is 78.4 cm³/mol. The largest absolute Gasteiger partial charge is 0.384 e. The average Bonchev–Trinajstić information content (AvgIpc) is 2.86. The number of anilines is 1. The van der Waals surface area contributed by atoms with Crippen LogP contribution < -0.4 is 17.0 Å².